The molecule has 3 rings (SSSR count). The lowest BCUT2D eigenvalue weighted by Gasteiger charge is -2.19. The molecular formula is C20H23ClN4O2S. The number of pyridine rings is 1. The minimum atomic E-state index is -3.80. The van der Waals surface area contributed by atoms with Gasteiger partial charge in [0, 0.05) is 12.7 Å². The summed E-state index contributed by atoms with van der Waals surface area (Å²) in [6, 6.07) is 8.43. The molecule has 0 spiro atoms. The van der Waals surface area contributed by atoms with Gasteiger partial charge in [0.25, 0.3) is 10.0 Å². The zero-order valence-electron chi connectivity index (χ0n) is 16.3. The molecule has 28 heavy (non-hydrogen) atoms. The van der Waals surface area contributed by atoms with Crippen LogP contribution in [0.2, 0.25) is 5.02 Å². The van der Waals surface area contributed by atoms with E-state index in [0.717, 1.165) is 5.56 Å². The molecule has 8 heteroatoms. The highest BCUT2D eigenvalue weighted by molar-refractivity contribution is 7.92. The van der Waals surface area contributed by atoms with Crippen LogP contribution in [0.25, 0.3) is 11.4 Å². The number of hydrogen-bond acceptors (Lipinski definition) is 4. The molecule has 0 aliphatic rings. The van der Waals surface area contributed by atoms with Crippen LogP contribution < -0.4 is 4.72 Å². The average Bonchev–Trinajstić information content (AvgIpc) is 3.09. The van der Waals surface area contributed by atoms with E-state index in [4.69, 9.17) is 11.6 Å². The summed E-state index contributed by atoms with van der Waals surface area (Å²) in [7, 11) is -3.80. The third-order valence-electron chi connectivity index (χ3n) is 4.42. The average molecular weight is 419 g/mol. The topological polar surface area (TPSA) is 76.9 Å². The number of halogens is 1. The Labute approximate surface area is 170 Å². The molecule has 6 nitrogen and oxygen atoms in total. The second kappa shape index (κ2) is 7.56. The zero-order valence-corrected chi connectivity index (χ0v) is 17.8. The summed E-state index contributed by atoms with van der Waals surface area (Å²) in [4.78, 5) is 8.64. The molecule has 0 amide bonds. The van der Waals surface area contributed by atoms with Crippen molar-refractivity contribution in [3.63, 3.8) is 0 Å². The zero-order chi connectivity index (χ0) is 20.5. The van der Waals surface area contributed by atoms with Crippen LogP contribution in [0.1, 0.15) is 33.3 Å². The summed E-state index contributed by atoms with van der Waals surface area (Å²) in [5.74, 6) is 0. The number of sulfonamides is 1. The Balaban J connectivity index is 2.00. The van der Waals surface area contributed by atoms with E-state index in [2.05, 4.69) is 35.5 Å². The lowest BCUT2D eigenvalue weighted by atomic mass is 9.87. The molecule has 2 aromatic heterocycles. The van der Waals surface area contributed by atoms with Crippen molar-refractivity contribution in [2.75, 3.05) is 4.72 Å². The lowest BCUT2D eigenvalue weighted by Crippen LogP contribution is -2.16. The first-order valence-corrected chi connectivity index (χ1v) is 10.8. The van der Waals surface area contributed by atoms with Crippen molar-refractivity contribution >= 4 is 27.3 Å². The van der Waals surface area contributed by atoms with Gasteiger partial charge in [0.1, 0.15) is 5.69 Å². The molecule has 1 aromatic carbocycles. The summed E-state index contributed by atoms with van der Waals surface area (Å²) >= 11 is 6.08. The summed E-state index contributed by atoms with van der Waals surface area (Å²) in [6.45, 7) is 8.89. The number of anilines is 1. The first-order chi connectivity index (χ1) is 13.1. The van der Waals surface area contributed by atoms with Crippen molar-refractivity contribution in [3.05, 3.63) is 59.6 Å². The van der Waals surface area contributed by atoms with Gasteiger partial charge in [-0.15, -0.1) is 0 Å². The smallest absolute Gasteiger partial charge is 0.261 e. The molecule has 0 saturated heterocycles. The third kappa shape index (κ3) is 4.20. The van der Waals surface area contributed by atoms with Crippen molar-refractivity contribution < 1.29 is 8.42 Å². The molecule has 0 unspecified atom stereocenters. The Morgan fingerprint density at radius 1 is 1.14 bits per heavy atom. The van der Waals surface area contributed by atoms with E-state index in [-0.39, 0.29) is 10.3 Å². The highest BCUT2D eigenvalue weighted by Gasteiger charge is 2.21. The number of benzene rings is 1. The maximum absolute atomic E-state index is 12.9. The fraction of sp³-hybridized carbons (Fsp3) is 0.300. The Morgan fingerprint density at radius 2 is 1.82 bits per heavy atom. The minimum absolute atomic E-state index is 0.0572. The van der Waals surface area contributed by atoms with Crippen molar-refractivity contribution in [1.82, 2.24) is 14.5 Å². The standard InChI is InChI=1S/C20H23ClN4O2S/c1-5-25-13-22-12-18(25)19-17(10-15(21)11-23-19)24-28(26,27)16-8-6-14(7-9-16)20(2,3)4/h6-13,24H,5H2,1-4H3. The molecule has 0 bridgehead atoms. The second-order valence-corrected chi connectivity index (χ2v) is 9.61. The van der Waals surface area contributed by atoms with E-state index < -0.39 is 10.0 Å². The number of imidazole rings is 1. The molecular weight excluding hydrogens is 396 g/mol. The number of hydrogen-bond donors (Lipinski definition) is 1. The first-order valence-electron chi connectivity index (χ1n) is 8.91. The van der Waals surface area contributed by atoms with Crippen molar-refractivity contribution in [1.29, 1.82) is 0 Å². The maximum atomic E-state index is 12.9. The van der Waals surface area contributed by atoms with Gasteiger partial charge in [0.05, 0.1) is 33.8 Å². The monoisotopic (exact) mass is 418 g/mol. The number of rotatable bonds is 5. The molecule has 0 aliphatic heterocycles. The van der Waals surface area contributed by atoms with Crippen LogP contribution in [-0.4, -0.2) is 23.0 Å². The number of nitrogens with one attached hydrogen (secondary N) is 1. The van der Waals surface area contributed by atoms with Crippen molar-refractivity contribution in [2.24, 2.45) is 0 Å². The van der Waals surface area contributed by atoms with Gasteiger partial charge in [0.15, 0.2) is 0 Å². The number of aromatic nitrogens is 3. The van der Waals surface area contributed by atoms with E-state index in [1.165, 1.54) is 6.20 Å². The van der Waals surface area contributed by atoms with Crippen molar-refractivity contribution in [3.8, 4) is 11.4 Å². The summed E-state index contributed by atoms with van der Waals surface area (Å²) in [5, 5.41) is 0.340. The minimum Gasteiger partial charge on any atom is -0.330 e. The molecule has 2 heterocycles. The molecule has 3 aromatic rings. The van der Waals surface area contributed by atoms with E-state index in [0.29, 0.717) is 28.6 Å². The summed E-state index contributed by atoms with van der Waals surface area (Å²) in [6.07, 6.45) is 4.81. The highest BCUT2D eigenvalue weighted by Crippen LogP contribution is 2.30. The van der Waals surface area contributed by atoms with E-state index >= 15 is 0 Å². The van der Waals surface area contributed by atoms with Gasteiger partial charge in [0.2, 0.25) is 0 Å². The van der Waals surface area contributed by atoms with Crippen LogP contribution >= 0.6 is 11.6 Å². The van der Waals surface area contributed by atoms with Crippen LogP contribution in [0.4, 0.5) is 5.69 Å². The Kier molecular flexibility index (Phi) is 5.50. The van der Waals surface area contributed by atoms with Gasteiger partial charge >= 0.3 is 0 Å². The van der Waals surface area contributed by atoms with E-state index in [1.54, 1.807) is 30.7 Å². The predicted octanol–water partition coefficient (Wildman–Crippen LogP) is 4.72. The van der Waals surface area contributed by atoms with Crippen LogP contribution in [0.15, 0.2) is 53.9 Å². The molecule has 0 radical (unpaired) electrons. The fourth-order valence-corrected chi connectivity index (χ4v) is 4.04. The Bertz CT molecular complexity index is 1080. The second-order valence-electron chi connectivity index (χ2n) is 7.49. The van der Waals surface area contributed by atoms with E-state index in [1.807, 2.05) is 23.6 Å². The quantitative estimate of drug-likeness (QED) is 0.650. The summed E-state index contributed by atoms with van der Waals surface area (Å²) in [5.41, 5.74) is 2.49. The van der Waals surface area contributed by atoms with Crippen LogP contribution in [0, 0.1) is 0 Å². The van der Waals surface area contributed by atoms with Gasteiger partial charge < -0.3 is 4.57 Å². The van der Waals surface area contributed by atoms with Gasteiger partial charge in [-0.05, 0) is 36.1 Å². The SMILES string of the molecule is CCn1cncc1-c1ncc(Cl)cc1NS(=O)(=O)c1ccc(C(C)(C)C)cc1. The number of aryl methyl sites for hydroxylation is 1. The Hall–Kier alpha value is -2.38. The molecule has 0 aliphatic carbocycles. The summed E-state index contributed by atoms with van der Waals surface area (Å²) < 4.78 is 30.4. The largest absolute Gasteiger partial charge is 0.330 e. The van der Waals surface area contributed by atoms with Gasteiger partial charge in [-0.3, -0.25) is 9.71 Å². The van der Waals surface area contributed by atoms with Crippen LogP contribution in [0.5, 0.6) is 0 Å². The van der Waals surface area contributed by atoms with Crippen molar-refractivity contribution in [2.45, 2.75) is 44.6 Å². The van der Waals surface area contributed by atoms with Gasteiger partial charge in [-0.25, -0.2) is 13.4 Å². The molecule has 148 valence electrons. The van der Waals surface area contributed by atoms with Crippen LogP contribution in [0.3, 0.4) is 0 Å². The predicted molar refractivity (Wildman–Crippen MR) is 112 cm³/mol. The third-order valence-corrected chi connectivity index (χ3v) is 6.01. The highest BCUT2D eigenvalue weighted by atomic mass is 35.5. The Morgan fingerprint density at radius 3 is 2.43 bits per heavy atom. The first kappa shape index (κ1) is 20.4. The fourth-order valence-electron chi connectivity index (χ4n) is 2.83. The van der Waals surface area contributed by atoms with E-state index in [9.17, 15) is 8.42 Å². The lowest BCUT2D eigenvalue weighted by molar-refractivity contribution is 0.587. The molecule has 0 fully saturated rings. The normalized spacial score (nSPS) is 12.2. The number of nitrogens with zero attached hydrogens (tertiary/aromatic N) is 3. The van der Waals surface area contributed by atoms with Gasteiger partial charge in [-0.2, -0.15) is 0 Å². The van der Waals surface area contributed by atoms with Gasteiger partial charge in [-0.1, -0.05) is 44.5 Å². The molecule has 0 saturated carbocycles. The molecule has 0 atom stereocenters. The molecule has 1 N–H and O–H groups in total. The maximum Gasteiger partial charge on any atom is 0.261 e. The van der Waals surface area contributed by atoms with Crippen LogP contribution in [-0.2, 0) is 22.0 Å².